The van der Waals surface area contributed by atoms with Gasteiger partial charge in [-0.1, -0.05) is 5.92 Å². The third kappa shape index (κ3) is 0.722. The smallest absolute Gasteiger partial charge is 0.313 e. The Hall–Kier alpha value is -1.50. The van der Waals surface area contributed by atoms with Crippen LogP contribution in [0.3, 0.4) is 0 Å². The maximum Gasteiger partial charge on any atom is 0.323 e. The monoisotopic (exact) mass is 138 g/mol. The van der Waals surface area contributed by atoms with Gasteiger partial charge in [-0.05, 0) is 6.92 Å². The molecule has 0 bridgehead atoms. The molecule has 1 atom stereocenters. The predicted molar refractivity (Wildman–Crippen MR) is 33.9 cm³/mol. The number of nitrogens with one attached hydrogen (secondary N) is 2. The molecular weight excluding hydrogens is 132 g/mol. The molecule has 0 aromatic heterocycles. The number of imide groups is 1. The molecule has 0 aromatic carbocycles. The average molecular weight is 138 g/mol. The van der Waals surface area contributed by atoms with Crippen molar-refractivity contribution in [2.45, 2.75) is 12.5 Å². The molecule has 1 aliphatic heterocycles. The highest BCUT2D eigenvalue weighted by Crippen LogP contribution is 2.06. The minimum atomic E-state index is -1.16. The minimum absolute atomic E-state index is 0.472. The van der Waals surface area contributed by atoms with E-state index >= 15 is 0 Å². The third-order valence-corrected chi connectivity index (χ3v) is 1.33. The third-order valence-electron chi connectivity index (χ3n) is 1.33. The maximum atomic E-state index is 10.8. The number of carbonyl (C=O) groups excluding carboxylic acids is 2. The molecule has 0 aromatic rings. The van der Waals surface area contributed by atoms with Gasteiger partial charge in [0.25, 0.3) is 5.91 Å². The fraction of sp³-hybridized carbons (Fsp3) is 0.333. The lowest BCUT2D eigenvalue weighted by Gasteiger charge is -2.10. The number of rotatable bonds is 0. The van der Waals surface area contributed by atoms with Crippen molar-refractivity contribution in [3.63, 3.8) is 0 Å². The normalized spacial score (nSPS) is 30.8. The van der Waals surface area contributed by atoms with Crippen LogP contribution in [-0.2, 0) is 4.79 Å². The van der Waals surface area contributed by atoms with E-state index in [9.17, 15) is 9.59 Å². The van der Waals surface area contributed by atoms with Gasteiger partial charge in [0.1, 0.15) is 0 Å². The molecule has 0 saturated carbocycles. The zero-order valence-corrected chi connectivity index (χ0v) is 5.39. The molecule has 4 nitrogen and oxygen atoms in total. The van der Waals surface area contributed by atoms with Crippen LogP contribution < -0.4 is 10.6 Å². The first kappa shape index (κ1) is 6.62. The van der Waals surface area contributed by atoms with Crippen molar-refractivity contribution in [3.05, 3.63) is 0 Å². The number of urea groups is 1. The number of carbonyl (C=O) groups is 2. The second kappa shape index (κ2) is 1.74. The van der Waals surface area contributed by atoms with Crippen LogP contribution in [0, 0.1) is 12.3 Å². The Balaban J connectivity index is 2.94. The summed E-state index contributed by atoms with van der Waals surface area (Å²) in [5.41, 5.74) is -1.16. The molecule has 1 fully saturated rings. The maximum absolute atomic E-state index is 10.8. The lowest BCUT2D eigenvalue weighted by molar-refractivity contribution is -0.121. The van der Waals surface area contributed by atoms with Gasteiger partial charge in [-0.25, -0.2) is 4.79 Å². The van der Waals surface area contributed by atoms with E-state index in [-0.39, 0.29) is 0 Å². The van der Waals surface area contributed by atoms with Crippen LogP contribution in [0.5, 0.6) is 0 Å². The zero-order valence-electron chi connectivity index (χ0n) is 5.39. The van der Waals surface area contributed by atoms with Gasteiger partial charge in [0.15, 0.2) is 5.54 Å². The predicted octanol–water partition coefficient (Wildman–Crippen LogP) is -0.782. The number of terminal acetylenes is 1. The van der Waals surface area contributed by atoms with Crippen LogP contribution in [-0.4, -0.2) is 17.5 Å². The molecule has 1 unspecified atom stereocenters. The van der Waals surface area contributed by atoms with E-state index in [1.165, 1.54) is 6.92 Å². The lowest BCUT2D eigenvalue weighted by atomic mass is 10.1. The zero-order chi connectivity index (χ0) is 7.78. The van der Waals surface area contributed by atoms with Crippen LogP contribution in [0.15, 0.2) is 0 Å². The molecule has 1 aliphatic rings. The van der Waals surface area contributed by atoms with Gasteiger partial charge in [-0.3, -0.25) is 10.1 Å². The Morgan fingerprint density at radius 1 is 1.60 bits per heavy atom. The van der Waals surface area contributed by atoms with Crippen molar-refractivity contribution >= 4 is 11.9 Å². The Kier molecular flexibility index (Phi) is 1.15. The van der Waals surface area contributed by atoms with Gasteiger partial charge in [0.2, 0.25) is 0 Å². The highest BCUT2D eigenvalue weighted by molar-refractivity contribution is 6.08. The number of hydrogen-bond donors (Lipinski definition) is 2. The molecule has 1 rings (SSSR count). The van der Waals surface area contributed by atoms with Crippen molar-refractivity contribution in [1.82, 2.24) is 10.6 Å². The standard InChI is InChI=1S/C6H6N2O2/c1-3-6(2)4(9)7-5(10)8-6/h1H,2H3,(H2,7,8,9,10). The van der Waals surface area contributed by atoms with Crippen molar-refractivity contribution in [2.75, 3.05) is 0 Å². The Morgan fingerprint density at radius 2 is 2.20 bits per heavy atom. The topological polar surface area (TPSA) is 58.2 Å². The average Bonchev–Trinajstić information content (AvgIpc) is 2.09. The molecule has 0 aliphatic carbocycles. The van der Waals surface area contributed by atoms with Crippen LogP contribution in [0.25, 0.3) is 0 Å². The molecule has 2 N–H and O–H groups in total. The molecule has 4 heteroatoms. The quantitative estimate of drug-likeness (QED) is 0.340. The van der Waals surface area contributed by atoms with E-state index in [1.807, 2.05) is 5.32 Å². The summed E-state index contributed by atoms with van der Waals surface area (Å²) in [6.45, 7) is 1.47. The summed E-state index contributed by atoms with van der Waals surface area (Å²) in [4.78, 5) is 21.3. The SMILES string of the molecule is C#CC1(C)NC(=O)NC1=O. The van der Waals surface area contributed by atoms with E-state index in [4.69, 9.17) is 6.42 Å². The summed E-state index contributed by atoms with van der Waals surface area (Å²) in [6, 6.07) is -0.537. The summed E-state index contributed by atoms with van der Waals surface area (Å²) in [5.74, 6) is 1.70. The van der Waals surface area contributed by atoms with E-state index in [0.29, 0.717) is 0 Å². The second-order valence-electron chi connectivity index (χ2n) is 2.18. The van der Waals surface area contributed by atoms with Gasteiger partial charge in [0, 0.05) is 0 Å². The van der Waals surface area contributed by atoms with Gasteiger partial charge in [-0.2, -0.15) is 0 Å². The molecule has 0 radical (unpaired) electrons. The van der Waals surface area contributed by atoms with Crippen molar-refractivity contribution in [2.24, 2.45) is 0 Å². The van der Waals surface area contributed by atoms with E-state index in [1.54, 1.807) is 0 Å². The van der Waals surface area contributed by atoms with E-state index in [2.05, 4.69) is 11.2 Å². The molecule has 0 spiro atoms. The highest BCUT2D eigenvalue weighted by atomic mass is 16.2. The molecule has 3 amide bonds. The fourth-order valence-corrected chi connectivity index (χ4v) is 0.645. The Bertz CT molecular complexity index is 241. The number of hydrogen-bond acceptors (Lipinski definition) is 2. The first-order chi connectivity index (χ1) is 4.58. The Morgan fingerprint density at radius 3 is 2.40 bits per heavy atom. The largest absolute Gasteiger partial charge is 0.323 e. The fourth-order valence-electron chi connectivity index (χ4n) is 0.645. The summed E-state index contributed by atoms with van der Waals surface area (Å²) in [5, 5.41) is 4.32. The van der Waals surface area contributed by atoms with Crippen molar-refractivity contribution < 1.29 is 9.59 Å². The van der Waals surface area contributed by atoms with Crippen LogP contribution in [0.1, 0.15) is 6.92 Å². The number of amides is 3. The van der Waals surface area contributed by atoms with Gasteiger partial charge in [-0.15, -0.1) is 6.42 Å². The summed E-state index contributed by atoms with van der Waals surface area (Å²) >= 11 is 0. The van der Waals surface area contributed by atoms with Crippen molar-refractivity contribution in [1.29, 1.82) is 0 Å². The van der Waals surface area contributed by atoms with Crippen LogP contribution >= 0.6 is 0 Å². The highest BCUT2D eigenvalue weighted by Gasteiger charge is 2.39. The minimum Gasteiger partial charge on any atom is -0.313 e. The summed E-state index contributed by atoms with van der Waals surface area (Å²) in [6.07, 6.45) is 5.00. The molecule has 10 heavy (non-hydrogen) atoms. The first-order valence-electron chi connectivity index (χ1n) is 2.70. The van der Waals surface area contributed by atoms with Crippen LogP contribution in [0.2, 0.25) is 0 Å². The van der Waals surface area contributed by atoms with E-state index < -0.39 is 17.5 Å². The molecule has 52 valence electrons. The Labute approximate surface area is 58.0 Å². The second-order valence-corrected chi connectivity index (χ2v) is 2.18. The van der Waals surface area contributed by atoms with Crippen LogP contribution in [0.4, 0.5) is 4.79 Å². The van der Waals surface area contributed by atoms with Crippen molar-refractivity contribution in [3.8, 4) is 12.3 Å². The van der Waals surface area contributed by atoms with Gasteiger partial charge >= 0.3 is 6.03 Å². The van der Waals surface area contributed by atoms with E-state index in [0.717, 1.165) is 0 Å². The molecular formula is C6H6N2O2. The first-order valence-corrected chi connectivity index (χ1v) is 2.70. The van der Waals surface area contributed by atoms with Gasteiger partial charge in [0.05, 0.1) is 0 Å². The molecule has 1 heterocycles. The summed E-state index contributed by atoms with van der Waals surface area (Å²) in [7, 11) is 0. The van der Waals surface area contributed by atoms with Gasteiger partial charge < -0.3 is 5.32 Å². The molecule has 1 saturated heterocycles. The summed E-state index contributed by atoms with van der Waals surface area (Å²) < 4.78 is 0. The lowest BCUT2D eigenvalue weighted by Crippen LogP contribution is -2.41.